The molecule has 2 heterocycles. The van der Waals surface area contributed by atoms with Crippen molar-refractivity contribution in [1.29, 1.82) is 0 Å². The molecule has 3 atom stereocenters. The van der Waals surface area contributed by atoms with Gasteiger partial charge in [-0.05, 0) is 118 Å². The molecule has 0 aliphatic heterocycles. The number of carbonyl (C=O) groups is 2. The minimum Gasteiger partial charge on any atom is -0.346 e. The fraction of sp³-hybridized carbons (Fsp3) is 0.436. The molecule has 9 nitrogen and oxygen atoms in total. The molecule has 5 N–H and O–H groups in total. The highest BCUT2D eigenvalue weighted by molar-refractivity contribution is 7.84. The summed E-state index contributed by atoms with van der Waals surface area (Å²) < 4.78 is 45.8. The zero-order valence-electron chi connectivity index (χ0n) is 30.0. The van der Waals surface area contributed by atoms with Crippen LogP contribution in [0, 0.1) is 11.6 Å². The lowest BCUT2D eigenvalue weighted by molar-refractivity contribution is 0.101. The van der Waals surface area contributed by atoms with Crippen molar-refractivity contribution < 1.29 is 22.6 Å². The van der Waals surface area contributed by atoms with Crippen molar-refractivity contribution in [2.75, 3.05) is 10.6 Å². The van der Waals surface area contributed by atoms with Gasteiger partial charge in [0.2, 0.25) is 0 Å². The number of rotatable bonds is 6. The van der Waals surface area contributed by atoms with Crippen molar-refractivity contribution in [1.82, 2.24) is 13.9 Å². The van der Waals surface area contributed by atoms with Gasteiger partial charge in [-0.1, -0.05) is 43.5 Å². The maximum Gasteiger partial charge on any atom is 0.272 e. The van der Waals surface area contributed by atoms with Crippen LogP contribution in [0.1, 0.15) is 122 Å². The Hall–Kier alpha value is -3.55. The lowest BCUT2D eigenvalue weighted by atomic mass is 10.0. The predicted octanol–water partition coefficient (Wildman–Crippen LogP) is 9.32. The fourth-order valence-electron chi connectivity index (χ4n) is 6.73. The van der Waals surface area contributed by atoms with Gasteiger partial charge in [-0.25, -0.2) is 17.7 Å². The van der Waals surface area contributed by atoms with Crippen LogP contribution in [-0.4, -0.2) is 29.9 Å². The SMILES string of the molecule is C.Cn1cc2c(c1C(=O)Nc1ccc(F)c(Cl)c1)CCCCC2N.Cn1cc2c(c1C(=O)Nc1ccc(F)c(Cl)c1)CCCCC2N[S@](=O)C(C)(C)C. The Morgan fingerprint density at radius 3 is 1.72 bits per heavy atom. The number of anilines is 2. The summed E-state index contributed by atoms with van der Waals surface area (Å²) in [5.74, 6) is -1.54. The first kappa shape index (κ1) is 42.2. The van der Waals surface area contributed by atoms with E-state index in [1.54, 1.807) is 0 Å². The summed E-state index contributed by atoms with van der Waals surface area (Å²) in [6, 6.07) is 8.14. The molecular weight excluding hydrogens is 741 g/mol. The Morgan fingerprint density at radius 2 is 1.25 bits per heavy atom. The van der Waals surface area contributed by atoms with Crippen LogP contribution in [0.15, 0.2) is 48.8 Å². The van der Waals surface area contributed by atoms with Crippen molar-refractivity contribution in [3.05, 3.63) is 104 Å². The molecule has 6 rings (SSSR count). The molecule has 2 aliphatic rings. The number of hydrogen-bond donors (Lipinski definition) is 4. The highest BCUT2D eigenvalue weighted by Crippen LogP contribution is 2.34. The summed E-state index contributed by atoms with van der Waals surface area (Å²) in [4.78, 5) is 25.7. The number of fused-ring (bicyclic) bond motifs is 2. The Balaban J connectivity index is 0.000000238. The van der Waals surface area contributed by atoms with Crippen LogP contribution in [0.2, 0.25) is 10.0 Å². The predicted molar refractivity (Wildman–Crippen MR) is 212 cm³/mol. The third-order valence-electron chi connectivity index (χ3n) is 9.37. The first-order chi connectivity index (χ1) is 24.5. The van der Waals surface area contributed by atoms with Crippen LogP contribution in [0.3, 0.4) is 0 Å². The molecule has 4 aromatic rings. The van der Waals surface area contributed by atoms with Crippen LogP contribution in [-0.2, 0) is 37.9 Å². The van der Waals surface area contributed by atoms with Gasteiger partial charge in [0.1, 0.15) is 23.0 Å². The second-order valence-electron chi connectivity index (χ2n) is 14.4. The quantitative estimate of drug-likeness (QED) is 0.145. The summed E-state index contributed by atoms with van der Waals surface area (Å²) in [6.07, 6.45) is 11.4. The lowest BCUT2D eigenvalue weighted by Gasteiger charge is -2.23. The molecule has 14 heteroatoms. The number of benzene rings is 2. The van der Waals surface area contributed by atoms with Crippen molar-refractivity contribution in [3.63, 3.8) is 0 Å². The number of halogens is 4. The van der Waals surface area contributed by atoms with Crippen molar-refractivity contribution >= 4 is 57.4 Å². The largest absolute Gasteiger partial charge is 0.346 e. The van der Waals surface area contributed by atoms with Crippen LogP contribution in [0.5, 0.6) is 0 Å². The normalized spacial score (nSPS) is 17.5. The van der Waals surface area contributed by atoms with Gasteiger partial charge in [0, 0.05) is 49.9 Å². The second kappa shape index (κ2) is 17.7. The minimum absolute atomic E-state index is 0. The number of nitrogens with two attached hydrogens (primary N) is 1. The Labute approximate surface area is 323 Å². The van der Waals surface area contributed by atoms with Gasteiger partial charge < -0.3 is 25.5 Å². The molecule has 2 unspecified atom stereocenters. The molecule has 2 aliphatic carbocycles. The van der Waals surface area contributed by atoms with Gasteiger partial charge in [0.25, 0.3) is 11.8 Å². The fourth-order valence-corrected chi connectivity index (χ4v) is 7.94. The van der Waals surface area contributed by atoms with Crippen LogP contribution in [0.4, 0.5) is 20.2 Å². The van der Waals surface area contributed by atoms with E-state index in [9.17, 15) is 22.6 Å². The summed E-state index contributed by atoms with van der Waals surface area (Å²) in [5, 5.41) is 5.54. The maximum atomic E-state index is 13.4. The average molecular weight is 792 g/mol. The van der Waals surface area contributed by atoms with Crippen LogP contribution in [0.25, 0.3) is 0 Å². The van der Waals surface area contributed by atoms with Gasteiger partial charge in [-0.2, -0.15) is 0 Å². The summed E-state index contributed by atoms with van der Waals surface area (Å²) in [7, 11) is 2.47. The molecule has 0 bridgehead atoms. The third-order valence-corrected chi connectivity index (χ3v) is 11.6. The van der Waals surface area contributed by atoms with E-state index in [-0.39, 0.29) is 46.1 Å². The van der Waals surface area contributed by atoms with E-state index in [0.29, 0.717) is 22.8 Å². The number of carbonyl (C=O) groups excluding carboxylic acids is 2. The zero-order chi connectivity index (χ0) is 37.9. The monoisotopic (exact) mass is 790 g/mol. The maximum absolute atomic E-state index is 13.4. The lowest BCUT2D eigenvalue weighted by Crippen LogP contribution is -2.35. The smallest absolute Gasteiger partial charge is 0.272 e. The van der Waals surface area contributed by atoms with E-state index in [1.807, 2.05) is 56.4 Å². The molecule has 2 aromatic carbocycles. The Morgan fingerprint density at radius 1 is 0.792 bits per heavy atom. The number of amides is 2. The Kier molecular flexibility index (Phi) is 14.1. The highest BCUT2D eigenvalue weighted by Gasteiger charge is 2.30. The molecule has 2 aromatic heterocycles. The molecule has 0 spiro atoms. The van der Waals surface area contributed by atoms with E-state index in [1.165, 1.54) is 36.4 Å². The summed E-state index contributed by atoms with van der Waals surface area (Å²) in [5.41, 5.74) is 12.3. The number of nitrogens with zero attached hydrogens (tertiary/aromatic N) is 2. The van der Waals surface area contributed by atoms with E-state index in [2.05, 4.69) is 15.4 Å². The van der Waals surface area contributed by atoms with Crippen LogP contribution >= 0.6 is 23.2 Å². The van der Waals surface area contributed by atoms with Gasteiger partial charge in [-0.15, -0.1) is 0 Å². The van der Waals surface area contributed by atoms with E-state index >= 15 is 0 Å². The first-order valence-electron chi connectivity index (χ1n) is 17.4. The molecule has 0 saturated heterocycles. The standard InChI is InChI=1S/C21H27ClFN3O2S.C17H19ClFN3O.CH4/c1-21(2,3)29(28)25-18-8-6-5-7-14-15(18)12-26(4)19(14)20(27)24-13-9-10-17(23)16(22)11-13;1-22-9-12-11(4-2-3-5-15(12)20)16(22)17(23)21-10-6-7-14(19)13(18)8-10;/h9-12,18,25H,5-8H2,1-4H3,(H,24,27);6-9,15H,2-5,20H2,1H3,(H,21,23);1H4/t18?,29-;;/m1../s1. The molecule has 0 radical (unpaired) electrons. The topological polar surface area (TPSA) is 123 Å². The highest BCUT2D eigenvalue weighted by atomic mass is 35.5. The van der Waals surface area contributed by atoms with E-state index in [0.717, 1.165) is 73.6 Å². The average Bonchev–Trinajstić information content (AvgIpc) is 3.44. The van der Waals surface area contributed by atoms with E-state index < -0.39 is 22.6 Å². The van der Waals surface area contributed by atoms with Crippen LogP contribution < -0.4 is 21.1 Å². The van der Waals surface area contributed by atoms with Crippen molar-refractivity contribution in [2.24, 2.45) is 19.8 Å². The second-order valence-corrected chi connectivity index (χ2v) is 17.2. The van der Waals surface area contributed by atoms with Crippen molar-refractivity contribution in [2.45, 2.75) is 96.4 Å². The van der Waals surface area contributed by atoms with Gasteiger partial charge in [0.05, 0.1) is 25.8 Å². The minimum atomic E-state index is -1.20. The molecule has 2 amide bonds. The Bertz CT molecular complexity index is 1990. The molecular formula is C39H50Cl2F2N6O3S. The summed E-state index contributed by atoms with van der Waals surface area (Å²) in [6.45, 7) is 5.81. The van der Waals surface area contributed by atoms with E-state index in [4.69, 9.17) is 28.9 Å². The third kappa shape index (κ3) is 9.96. The van der Waals surface area contributed by atoms with Gasteiger partial charge in [-0.3, -0.25) is 9.59 Å². The number of aromatic nitrogens is 2. The molecule has 53 heavy (non-hydrogen) atoms. The molecule has 0 fully saturated rings. The van der Waals surface area contributed by atoms with Crippen molar-refractivity contribution in [3.8, 4) is 0 Å². The van der Waals surface area contributed by atoms with Gasteiger partial charge >= 0.3 is 0 Å². The molecule has 288 valence electrons. The first-order valence-corrected chi connectivity index (χ1v) is 19.3. The van der Waals surface area contributed by atoms with Gasteiger partial charge in [0.15, 0.2) is 0 Å². The summed E-state index contributed by atoms with van der Waals surface area (Å²) >= 11 is 11.6. The number of aryl methyl sites for hydroxylation is 2. The zero-order valence-corrected chi connectivity index (χ0v) is 32.4. The number of hydrogen-bond acceptors (Lipinski definition) is 4. The molecule has 0 saturated carbocycles. The number of nitrogens with one attached hydrogen (secondary N) is 3.